The van der Waals surface area contributed by atoms with Gasteiger partial charge >= 0.3 is 0 Å². The van der Waals surface area contributed by atoms with Crippen LogP contribution in [0.4, 0.5) is 5.82 Å². The standard InChI is InChI=1S/C15H21N3OS/c1-4-18(5-2)9-8-14(19)16-15-12-10-11(3)6-7-13(12)20-17-15/h6-7,10H,4-5,8-9H2,1-3H3,(H,16,17,19). The van der Waals surface area contributed by atoms with Gasteiger partial charge in [-0.1, -0.05) is 25.5 Å². The van der Waals surface area contributed by atoms with Crippen LogP contribution in [0.1, 0.15) is 25.8 Å². The Balaban J connectivity index is 2.01. The molecule has 0 spiro atoms. The molecule has 5 heteroatoms. The normalized spacial score (nSPS) is 11.2. The fourth-order valence-corrected chi connectivity index (χ4v) is 2.85. The quantitative estimate of drug-likeness (QED) is 0.888. The Kier molecular flexibility index (Phi) is 5.09. The topological polar surface area (TPSA) is 45.2 Å². The predicted octanol–water partition coefficient (Wildman–Crippen LogP) is 3.28. The Bertz CT molecular complexity index is 590. The number of benzene rings is 1. The predicted molar refractivity (Wildman–Crippen MR) is 85.4 cm³/mol. The van der Waals surface area contributed by atoms with Crippen LogP contribution in [0.15, 0.2) is 18.2 Å². The molecule has 2 aromatic rings. The minimum atomic E-state index is 0.0330. The molecule has 0 aliphatic carbocycles. The maximum absolute atomic E-state index is 12.0. The van der Waals surface area contributed by atoms with Crippen LogP contribution in [-0.4, -0.2) is 34.8 Å². The van der Waals surface area contributed by atoms with Gasteiger partial charge in [0.15, 0.2) is 5.82 Å². The number of carbonyl (C=O) groups is 1. The second-order valence-electron chi connectivity index (χ2n) is 4.86. The summed E-state index contributed by atoms with van der Waals surface area (Å²) in [6.45, 7) is 9.00. The zero-order valence-corrected chi connectivity index (χ0v) is 13.1. The number of nitrogens with one attached hydrogen (secondary N) is 1. The fraction of sp³-hybridized carbons (Fsp3) is 0.467. The summed E-state index contributed by atoms with van der Waals surface area (Å²) in [5, 5.41) is 3.96. The summed E-state index contributed by atoms with van der Waals surface area (Å²) in [6.07, 6.45) is 0.506. The van der Waals surface area contributed by atoms with Crippen molar-refractivity contribution in [2.75, 3.05) is 25.0 Å². The van der Waals surface area contributed by atoms with E-state index in [2.05, 4.69) is 40.6 Å². The van der Waals surface area contributed by atoms with E-state index >= 15 is 0 Å². The second kappa shape index (κ2) is 6.81. The first-order chi connectivity index (χ1) is 9.63. The number of anilines is 1. The molecule has 0 atom stereocenters. The zero-order valence-electron chi connectivity index (χ0n) is 12.3. The Morgan fingerprint density at radius 1 is 1.35 bits per heavy atom. The van der Waals surface area contributed by atoms with Gasteiger partial charge in [0.1, 0.15) is 0 Å². The van der Waals surface area contributed by atoms with Crippen molar-refractivity contribution in [3.05, 3.63) is 23.8 Å². The summed E-state index contributed by atoms with van der Waals surface area (Å²) < 4.78 is 5.45. The molecule has 1 N–H and O–H groups in total. The number of rotatable bonds is 6. The molecule has 0 saturated carbocycles. The van der Waals surface area contributed by atoms with Crippen molar-refractivity contribution in [3.63, 3.8) is 0 Å². The number of carbonyl (C=O) groups excluding carboxylic acids is 1. The molecule has 0 fully saturated rings. The van der Waals surface area contributed by atoms with Crippen molar-refractivity contribution in [1.29, 1.82) is 0 Å². The molecule has 0 saturated heterocycles. The Morgan fingerprint density at radius 2 is 2.10 bits per heavy atom. The number of nitrogens with zero attached hydrogens (tertiary/aromatic N) is 2. The second-order valence-corrected chi connectivity index (χ2v) is 5.66. The molecule has 4 nitrogen and oxygen atoms in total. The Morgan fingerprint density at radius 3 is 2.80 bits per heavy atom. The number of hydrogen-bond donors (Lipinski definition) is 1. The van der Waals surface area contributed by atoms with Gasteiger partial charge in [-0.3, -0.25) is 4.79 Å². The van der Waals surface area contributed by atoms with Crippen LogP contribution in [0.2, 0.25) is 0 Å². The lowest BCUT2D eigenvalue weighted by molar-refractivity contribution is -0.116. The van der Waals surface area contributed by atoms with Gasteiger partial charge in [-0.2, -0.15) is 4.37 Å². The van der Waals surface area contributed by atoms with E-state index in [0.29, 0.717) is 12.2 Å². The van der Waals surface area contributed by atoms with E-state index in [4.69, 9.17) is 0 Å². The van der Waals surface area contributed by atoms with Crippen LogP contribution < -0.4 is 5.32 Å². The van der Waals surface area contributed by atoms with Crippen LogP contribution >= 0.6 is 11.5 Å². The first-order valence-electron chi connectivity index (χ1n) is 7.02. The molecule has 0 aliphatic rings. The van der Waals surface area contributed by atoms with Gasteiger partial charge in [-0.25, -0.2) is 0 Å². The van der Waals surface area contributed by atoms with Crippen molar-refractivity contribution in [1.82, 2.24) is 9.27 Å². The third kappa shape index (κ3) is 3.55. The number of amides is 1. The van der Waals surface area contributed by atoms with E-state index in [1.165, 1.54) is 17.1 Å². The Labute approximate surface area is 124 Å². The molecule has 0 bridgehead atoms. The lowest BCUT2D eigenvalue weighted by atomic mass is 10.2. The third-order valence-electron chi connectivity index (χ3n) is 3.43. The van der Waals surface area contributed by atoms with Gasteiger partial charge in [0.2, 0.25) is 5.91 Å². The molecule has 0 unspecified atom stereocenters. The van der Waals surface area contributed by atoms with Gasteiger partial charge in [0, 0.05) is 18.4 Å². The van der Waals surface area contributed by atoms with E-state index in [0.717, 1.165) is 29.7 Å². The summed E-state index contributed by atoms with van der Waals surface area (Å²) >= 11 is 1.42. The van der Waals surface area contributed by atoms with E-state index in [1.807, 2.05) is 13.0 Å². The molecule has 1 heterocycles. The van der Waals surface area contributed by atoms with Gasteiger partial charge < -0.3 is 10.2 Å². The number of hydrogen-bond acceptors (Lipinski definition) is 4. The molecule has 2 rings (SSSR count). The smallest absolute Gasteiger partial charge is 0.226 e. The minimum Gasteiger partial charge on any atom is -0.309 e. The van der Waals surface area contributed by atoms with Crippen LogP contribution in [-0.2, 0) is 4.79 Å². The molecule has 108 valence electrons. The lowest BCUT2D eigenvalue weighted by Crippen LogP contribution is -2.27. The summed E-state index contributed by atoms with van der Waals surface area (Å²) in [7, 11) is 0. The van der Waals surface area contributed by atoms with Crippen molar-refractivity contribution >= 4 is 33.3 Å². The first kappa shape index (κ1) is 14.9. The zero-order chi connectivity index (χ0) is 14.5. The molecule has 20 heavy (non-hydrogen) atoms. The number of fused-ring (bicyclic) bond motifs is 1. The SMILES string of the molecule is CCN(CC)CCC(=O)Nc1nsc2ccc(C)cc12. The number of aryl methyl sites for hydroxylation is 1. The maximum atomic E-state index is 12.0. The van der Waals surface area contributed by atoms with Gasteiger partial charge in [-0.05, 0) is 43.7 Å². The van der Waals surface area contributed by atoms with Gasteiger partial charge in [0.05, 0.1) is 4.70 Å². The minimum absolute atomic E-state index is 0.0330. The molecule has 0 aliphatic heterocycles. The van der Waals surface area contributed by atoms with Crippen molar-refractivity contribution < 1.29 is 4.79 Å². The summed E-state index contributed by atoms with van der Waals surface area (Å²) in [5.74, 6) is 0.726. The molecule has 0 radical (unpaired) electrons. The monoisotopic (exact) mass is 291 g/mol. The average molecular weight is 291 g/mol. The summed E-state index contributed by atoms with van der Waals surface area (Å²) in [4.78, 5) is 14.2. The van der Waals surface area contributed by atoms with E-state index in [-0.39, 0.29) is 5.91 Å². The first-order valence-corrected chi connectivity index (χ1v) is 7.79. The average Bonchev–Trinajstić information content (AvgIpc) is 2.82. The van der Waals surface area contributed by atoms with E-state index in [9.17, 15) is 4.79 Å². The molecular formula is C15H21N3OS. The van der Waals surface area contributed by atoms with E-state index < -0.39 is 0 Å². The molecule has 1 aromatic carbocycles. The highest BCUT2D eigenvalue weighted by Gasteiger charge is 2.10. The summed E-state index contributed by atoms with van der Waals surface area (Å²) in [5.41, 5.74) is 1.18. The largest absolute Gasteiger partial charge is 0.309 e. The van der Waals surface area contributed by atoms with Crippen LogP contribution in [0, 0.1) is 6.92 Å². The molecular weight excluding hydrogens is 270 g/mol. The van der Waals surface area contributed by atoms with Crippen LogP contribution in [0.3, 0.4) is 0 Å². The Hall–Kier alpha value is -1.46. The fourth-order valence-electron chi connectivity index (χ4n) is 2.14. The van der Waals surface area contributed by atoms with E-state index in [1.54, 1.807) is 0 Å². The lowest BCUT2D eigenvalue weighted by Gasteiger charge is -2.17. The van der Waals surface area contributed by atoms with Crippen molar-refractivity contribution in [2.45, 2.75) is 27.2 Å². The highest BCUT2D eigenvalue weighted by atomic mass is 32.1. The molecule has 1 aromatic heterocycles. The highest BCUT2D eigenvalue weighted by Crippen LogP contribution is 2.27. The van der Waals surface area contributed by atoms with Crippen molar-refractivity contribution in [3.8, 4) is 0 Å². The molecule has 1 amide bonds. The van der Waals surface area contributed by atoms with Crippen LogP contribution in [0.5, 0.6) is 0 Å². The highest BCUT2D eigenvalue weighted by molar-refractivity contribution is 7.13. The van der Waals surface area contributed by atoms with Crippen LogP contribution in [0.25, 0.3) is 10.1 Å². The number of aromatic nitrogens is 1. The van der Waals surface area contributed by atoms with Crippen molar-refractivity contribution in [2.24, 2.45) is 0 Å². The van der Waals surface area contributed by atoms with Gasteiger partial charge in [0.25, 0.3) is 0 Å². The third-order valence-corrected chi connectivity index (χ3v) is 4.26. The summed E-state index contributed by atoms with van der Waals surface area (Å²) in [6, 6.07) is 6.18. The maximum Gasteiger partial charge on any atom is 0.226 e. The van der Waals surface area contributed by atoms with Gasteiger partial charge in [-0.15, -0.1) is 0 Å².